The second-order valence-corrected chi connectivity index (χ2v) is 9.37. The Bertz CT molecular complexity index is 1620. The van der Waals surface area contributed by atoms with E-state index in [1.54, 1.807) is 30.5 Å². The molecule has 36 heavy (non-hydrogen) atoms. The van der Waals surface area contributed by atoms with Crippen LogP contribution in [0.25, 0.3) is 39.0 Å². The summed E-state index contributed by atoms with van der Waals surface area (Å²) >= 11 is 10.3. The Labute approximate surface area is 219 Å². The van der Waals surface area contributed by atoms with Crippen LogP contribution in [0.3, 0.4) is 0 Å². The first-order valence-electron chi connectivity index (χ1n) is 11.1. The largest absolute Gasteiger partial charge is 0.444 e. The average molecular weight is 567 g/mol. The van der Waals surface area contributed by atoms with Crippen LogP contribution in [0.1, 0.15) is 6.42 Å². The third kappa shape index (κ3) is 4.48. The Morgan fingerprint density at radius 3 is 2.64 bits per heavy atom. The van der Waals surface area contributed by atoms with E-state index in [0.717, 1.165) is 15.6 Å². The van der Waals surface area contributed by atoms with Crippen molar-refractivity contribution in [2.24, 2.45) is 0 Å². The lowest BCUT2D eigenvalue weighted by Gasteiger charge is -2.17. The summed E-state index contributed by atoms with van der Waals surface area (Å²) < 4.78 is 7.55. The van der Waals surface area contributed by atoms with Gasteiger partial charge in [-0.2, -0.15) is 9.78 Å². The summed E-state index contributed by atoms with van der Waals surface area (Å²) in [6.07, 6.45) is 3.55. The number of nitrogens with zero attached hydrogens (tertiary/aromatic N) is 3. The maximum Gasteiger partial charge on any atom is 0.279 e. The minimum absolute atomic E-state index is 0.0458. The fourth-order valence-electron chi connectivity index (χ4n) is 4.01. The van der Waals surface area contributed by atoms with Gasteiger partial charge in [0.1, 0.15) is 5.69 Å². The number of fused-ring (bicyclic) bond motifs is 1. The fourth-order valence-corrected chi connectivity index (χ4v) is 4.83. The highest BCUT2D eigenvalue weighted by Gasteiger charge is 2.19. The summed E-state index contributed by atoms with van der Waals surface area (Å²) in [5, 5.41) is 18.5. The molecule has 0 radical (unpaired) electrons. The van der Waals surface area contributed by atoms with Crippen molar-refractivity contribution in [2.45, 2.75) is 6.42 Å². The van der Waals surface area contributed by atoms with E-state index in [1.807, 2.05) is 30.3 Å². The third-order valence-corrected chi connectivity index (χ3v) is 6.54. The van der Waals surface area contributed by atoms with E-state index in [0.29, 0.717) is 46.6 Å². The summed E-state index contributed by atoms with van der Waals surface area (Å²) in [4.78, 5) is 17.6. The van der Waals surface area contributed by atoms with Crippen LogP contribution in [0.2, 0.25) is 5.02 Å². The Kier molecular flexibility index (Phi) is 6.77. The van der Waals surface area contributed by atoms with Crippen molar-refractivity contribution in [2.75, 3.05) is 24.2 Å². The molecule has 0 saturated heterocycles. The van der Waals surface area contributed by atoms with Gasteiger partial charge in [-0.3, -0.25) is 4.79 Å². The quantitative estimate of drug-likeness (QED) is 0.176. The molecule has 2 heterocycles. The molecule has 8 nitrogen and oxygen atoms in total. The van der Waals surface area contributed by atoms with Crippen molar-refractivity contribution in [1.82, 2.24) is 14.8 Å². The van der Waals surface area contributed by atoms with Gasteiger partial charge in [0.15, 0.2) is 12.2 Å². The van der Waals surface area contributed by atoms with Gasteiger partial charge in [0.05, 0.1) is 33.7 Å². The predicted molar refractivity (Wildman–Crippen MR) is 146 cm³/mol. The third-order valence-electron chi connectivity index (χ3n) is 5.70. The molecule has 0 aliphatic heterocycles. The number of rotatable bonds is 7. The first-order valence-corrected chi connectivity index (χ1v) is 12.3. The van der Waals surface area contributed by atoms with Crippen molar-refractivity contribution in [1.29, 1.82) is 0 Å². The number of oxazole rings is 1. The molecule has 0 spiro atoms. The number of benzene rings is 3. The van der Waals surface area contributed by atoms with E-state index in [1.165, 1.54) is 11.1 Å². The van der Waals surface area contributed by atoms with E-state index in [4.69, 9.17) is 32.0 Å². The van der Waals surface area contributed by atoms with Crippen LogP contribution in [0.5, 0.6) is 0 Å². The van der Waals surface area contributed by atoms with Crippen LogP contribution in [-0.4, -0.2) is 33.0 Å². The zero-order valence-corrected chi connectivity index (χ0v) is 21.3. The molecule has 5 rings (SSSR count). The zero-order valence-electron chi connectivity index (χ0n) is 18.9. The number of nitrogens with one attached hydrogen (secondary N) is 1. The van der Waals surface area contributed by atoms with Gasteiger partial charge in [-0.15, -0.1) is 0 Å². The van der Waals surface area contributed by atoms with Gasteiger partial charge in [-0.1, -0.05) is 45.7 Å². The number of aliphatic hydroxyl groups is 1. The van der Waals surface area contributed by atoms with E-state index in [2.05, 4.69) is 26.2 Å². The monoisotopic (exact) mass is 565 g/mol. The second kappa shape index (κ2) is 10.1. The maximum absolute atomic E-state index is 13.6. The zero-order chi connectivity index (χ0) is 25.2. The highest BCUT2D eigenvalue weighted by molar-refractivity contribution is 9.10. The van der Waals surface area contributed by atoms with Crippen molar-refractivity contribution < 1.29 is 9.52 Å². The van der Waals surface area contributed by atoms with Gasteiger partial charge in [-0.05, 0) is 42.8 Å². The van der Waals surface area contributed by atoms with Crippen LogP contribution >= 0.6 is 27.5 Å². The molecular formula is C26H21BrClN5O3. The Morgan fingerprint density at radius 1 is 1.11 bits per heavy atom. The Balaban J connectivity index is 1.76. The highest BCUT2D eigenvalue weighted by Crippen LogP contribution is 2.36. The smallest absolute Gasteiger partial charge is 0.279 e. The molecule has 0 atom stereocenters. The van der Waals surface area contributed by atoms with E-state index in [9.17, 15) is 4.79 Å². The lowest BCUT2D eigenvalue weighted by molar-refractivity contribution is 0.292. The van der Waals surface area contributed by atoms with Crippen LogP contribution < -0.4 is 16.6 Å². The molecule has 0 bridgehead atoms. The molecule has 3 aromatic carbocycles. The molecule has 10 heteroatoms. The lowest BCUT2D eigenvalue weighted by atomic mass is 10.0. The Morgan fingerprint density at radius 2 is 1.89 bits per heavy atom. The van der Waals surface area contributed by atoms with E-state index < -0.39 is 0 Å². The first-order chi connectivity index (χ1) is 17.5. The van der Waals surface area contributed by atoms with Crippen molar-refractivity contribution in [3.63, 3.8) is 0 Å². The molecule has 4 N–H and O–H groups in total. The van der Waals surface area contributed by atoms with Crippen molar-refractivity contribution in [3.8, 4) is 28.3 Å². The molecule has 0 saturated carbocycles. The molecule has 5 aromatic rings. The first kappa shape index (κ1) is 24.1. The van der Waals surface area contributed by atoms with Gasteiger partial charge in [-0.25, -0.2) is 4.98 Å². The summed E-state index contributed by atoms with van der Waals surface area (Å²) in [6, 6.07) is 16.4. The predicted octanol–water partition coefficient (Wildman–Crippen LogP) is 5.50. The number of hydrogen-bond donors (Lipinski definition) is 3. The molecule has 0 amide bonds. The molecule has 2 aromatic heterocycles. The van der Waals surface area contributed by atoms with Gasteiger partial charge in [0.2, 0.25) is 0 Å². The van der Waals surface area contributed by atoms with Gasteiger partial charge in [0, 0.05) is 34.1 Å². The lowest BCUT2D eigenvalue weighted by Crippen LogP contribution is -2.24. The fraction of sp³-hybridized carbons (Fsp3) is 0.115. The maximum atomic E-state index is 13.6. The normalized spacial score (nSPS) is 11.2. The Hall–Kier alpha value is -3.66. The number of aromatic nitrogens is 3. The van der Waals surface area contributed by atoms with Crippen LogP contribution in [0.15, 0.2) is 80.9 Å². The minimum Gasteiger partial charge on any atom is -0.444 e. The van der Waals surface area contributed by atoms with Crippen LogP contribution in [0, 0.1) is 0 Å². The summed E-state index contributed by atoms with van der Waals surface area (Å²) in [6.45, 7) is 0.553. The van der Waals surface area contributed by atoms with Crippen LogP contribution in [0.4, 0.5) is 11.4 Å². The summed E-state index contributed by atoms with van der Waals surface area (Å²) in [7, 11) is 0. The van der Waals surface area contributed by atoms with Crippen LogP contribution in [-0.2, 0) is 0 Å². The molecular weight excluding hydrogens is 546 g/mol. The summed E-state index contributed by atoms with van der Waals surface area (Å²) in [5.74, 6) is 0.601. The molecule has 0 aliphatic rings. The molecule has 0 fully saturated rings. The SMILES string of the molecule is Nc1ccc(NCCCO)c(Cl)c1-n1nc(-c2cc(Br)cc(-c3cnco3)c2)c2ccccc2c1=O. The number of nitrogens with two attached hydrogens (primary N) is 1. The minimum atomic E-state index is -0.346. The number of hydrogen-bond acceptors (Lipinski definition) is 7. The summed E-state index contributed by atoms with van der Waals surface area (Å²) in [5.41, 5.74) is 9.27. The average Bonchev–Trinajstić information content (AvgIpc) is 3.42. The molecule has 0 unspecified atom stereocenters. The molecule has 182 valence electrons. The number of nitrogen functional groups attached to an aromatic ring is 1. The van der Waals surface area contributed by atoms with Gasteiger partial charge < -0.3 is 20.6 Å². The van der Waals surface area contributed by atoms with Gasteiger partial charge in [0.25, 0.3) is 5.56 Å². The molecule has 0 aliphatic carbocycles. The number of halogens is 2. The number of aliphatic hydroxyl groups excluding tert-OH is 1. The highest BCUT2D eigenvalue weighted by atomic mass is 79.9. The van der Waals surface area contributed by atoms with E-state index in [-0.39, 0.29) is 22.9 Å². The van der Waals surface area contributed by atoms with E-state index >= 15 is 0 Å². The number of anilines is 2. The second-order valence-electron chi connectivity index (χ2n) is 8.07. The van der Waals surface area contributed by atoms with Gasteiger partial charge >= 0.3 is 0 Å². The standard InChI is InChI=1S/C26H21BrClN5O3/c27-17-11-15(22-13-30-14-36-22)10-16(12-17)24-18-4-1-2-5-19(18)26(35)33(32-24)25-20(29)6-7-21(23(25)28)31-8-3-9-34/h1-2,4-7,10-14,31,34H,3,8-9,29H2. The van der Waals surface area contributed by atoms with Crippen molar-refractivity contribution in [3.05, 3.63) is 87.0 Å². The topological polar surface area (TPSA) is 119 Å². The van der Waals surface area contributed by atoms with Crippen molar-refractivity contribution >= 4 is 49.7 Å².